The summed E-state index contributed by atoms with van der Waals surface area (Å²) >= 11 is 12.3. The van der Waals surface area contributed by atoms with Crippen molar-refractivity contribution in [2.24, 2.45) is 5.92 Å². The van der Waals surface area contributed by atoms with Gasteiger partial charge in [0.2, 0.25) is 5.91 Å². The van der Waals surface area contributed by atoms with Crippen molar-refractivity contribution in [2.75, 3.05) is 25.5 Å². The van der Waals surface area contributed by atoms with Gasteiger partial charge in [-0.15, -0.1) is 0 Å². The van der Waals surface area contributed by atoms with Gasteiger partial charge in [0, 0.05) is 23.5 Å². The molecule has 1 aliphatic heterocycles. The van der Waals surface area contributed by atoms with Gasteiger partial charge >= 0.3 is 0 Å². The first-order valence-corrected chi connectivity index (χ1v) is 11.1. The van der Waals surface area contributed by atoms with Gasteiger partial charge in [0.05, 0.1) is 27.8 Å². The van der Waals surface area contributed by atoms with Gasteiger partial charge in [-0.2, -0.15) is 0 Å². The van der Waals surface area contributed by atoms with Crippen LogP contribution >= 0.6 is 23.2 Å². The van der Waals surface area contributed by atoms with Crippen molar-refractivity contribution in [1.29, 1.82) is 0 Å². The van der Waals surface area contributed by atoms with E-state index in [2.05, 4.69) is 20.5 Å². The molecule has 4 rings (SSSR count). The molecule has 2 heterocycles. The molecule has 2 aromatic carbocycles. The maximum absolute atomic E-state index is 13.6. The molecular weight excluding hydrogens is 447 g/mol. The van der Waals surface area contributed by atoms with Gasteiger partial charge in [-0.25, -0.2) is 0 Å². The Bertz CT molecular complexity index is 1180. The number of nitrogens with zero attached hydrogens (tertiary/aromatic N) is 2. The smallest absolute Gasteiger partial charge is 0.254 e. The van der Waals surface area contributed by atoms with E-state index in [0.29, 0.717) is 27.8 Å². The molecule has 0 aliphatic carbocycles. The number of anilines is 1. The summed E-state index contributed by atoms with van der Waals surface area (Å²) in [5.41, 5.74) is -0.268. The molecule has 1 saturated heterocycles. The van der Waals surface area contributed by atoms with Gasteiger partial charge in [0.1, 0.15) is 5.54 Å². The predicted octanol–water partition coefficient (Wildman–Crippen LogP) is 4.46. The summed E-state index contributed by atoms with van der Waals surface area (Å²) in [5.74, 6) is -0.753. The molecule has 2 atom stereocenters. The zero-order valence-electron chi connectivity index (χ0n) is 17.9. The van der Waals surface area contributed by atoms with E-state index < -0.39 is 11.4 Å². The highest BCUT2D eigenvalue weighted by Gasteiger charge is 2.40. The molecule has 3 aromatic rings. The van der Waals surface area contributed by atoms with Gasteiger partial charge in [0.25, 0.3) is 5.91 Å². The first kappa shape index (κ1) is 22.5. The van der Waals surface area contributed by atoms with Crippen molar-refractivity contribution in [3.63, 3.8) is 0 Å². The number of amides is 2. The normalized spacial score (nSPS) is 18.3. The molecule has 0 radical (unpaired) electrons. The Morgan fingerprint density at radius 3 is 2.62 bits per heavy atom. The summed E-state index contributed by atoms with van der Waals surface area (Å²) in [4.78, 5) is 33.1. The number of hydrogen-bond acceptors (Lipinski definition) is 4. The van der Waals surface area contributed by atoms with E-state index in [4.69, 9.17) is 23.2 Å². The highest BCUT2D eigenvalue weighted by molar-refractivity contribution is 6.42. The zero-order valence-corrected chi connectivity index (χ0v) is 19.4. The number of carbonyl (C=O) groups excluding carboxylic acids is 2. The van der Waals surface area contributed by atoms with Crippen molar-refractivity contribution >= 4 is 51.5 Å². The molecule has 8 heteroatoms. The third kappa shape index (κ3) is 4.44. The van der Waals surface area contributed by atoms with E-state index in [0.717, 1.165) is 23.7 Å². The monoisotopic (exact) mass is 470 g/mol. The van der Waals surface area contributed by atoms with Crippen molar-refractivity contribution in [3.8, 4) is 0 Å². The van der Waals surface area contributed by atoms with Crippen LogP contribution in [0.3, 0.4) is 0 Å². The summed E-state index contributed by atoms with van der Waals surface area (Å²) in [6, 6.07) is 12.6. The largest absolute Gasteiger partial charge is 0.338 e. The quantitative estimate of drug-likeness (QED) is 0.576. The number of fused-ring (bicyclic) bond motifs is 1. The number of carbonyl (C=O) groups is 2. The minimum Gasteiger partial charge on any atom is -0.338 e. The third-order valence-electron chi connectivity index (χ3n) is 6.00. The molecule has 0 spiro atoms. The minimum atomic E-state index is -1.37. The fourth-order valence-electron chi connectivity index (χ4n) is 4.03. The van der Waals surface area contributed by atoms with Crippen LogP contribution < -0.4 is 10.6 Å². The highest BCUT2D eigenvalue weighted by Crippen LogP contribution is 2.31. The molecule has 2 N–H and O–H groups in total. The third-order valence-corrected chi connectivity index (χ3v) is 6.74. The van der Waals surface area contributed by atoms with Crippen LogP contribution in [0.4, 0.5) is 5.69 Å². The lowest BCUT2D eigenvalue weighted by atomic mass is 9.89. The number of likely N-dealkylation sites (tertiary alicyclic amines) is 1. The molecule has 2 amide bonds. The molecule has 6 nitrogen and oxygen atoms in total. The van der Waals surface area contributed by atoms with Gasteiger partial charge in [-0.3, -0.25) is 14.6 Å². The Labute approximate surface area is 196 Å². The number of benzene rings is 2. The lowest BCUT2D eigenvalue weighted by molar-refractivity contribution is -0.132. The highest BCUT2D eigenvalue weighted by atomic mass is 35.5. The second-order valence-corrected chi connectivity index (χ2v) is 9.17. The van der Waals surface area contributed by atoms with Gasteiger partial charge in [0.15, 0.2) is 0 Å². The van der Waals surface area contributed by atoms with Crippen LogP contribution in [-0.4, -0.2) is 41.8 Å². The summed E-state index contributed by atoms with van der Waals surface area (Å²) < 4.78 is 0. The van der Waals surface area contributed by atoms with Gasteiger partial charge in [-0.05, 0) is 44.6 Å². The Balaban J connectivity index is 1.69. The fourth-order valence-corrected chi connectivity index (χ4v) is 4.33. The van der Waals surface area contributed by atoms with E-state index in [1.165, 1.54) is 0 Å². The molecule has 166 valence electrons. The number of aromatic nitrogens is 1. The summed E-state index contributed by atoms with van der Waals surface area (Å²) in [7, 11) is 1.98. The molecule has 1 aliphatic rings. The predicted molar refractivity (Wildman–Crippen MR) is 128 cm³/mol. The molecular formula is C24H24Cl2N4O2. The second-order valence-electron chi connectivity index (χ2n) is 8.35. The second kappa shape index (κ2) is 9.06. The standard InChI is InChI=1S/C24H24Cl2N4O2/c1-24(17-7-8-19(25)20(26)11-17,29-22(31)16-9-10-30(2)14-16)23(32)28-21-13-27-12-15-5-3-4-6-18(15)21/h3-8,11-13,16H,9-10,14H2,1-2H3,(H,28,32)(H,29,31)/t16-,24+/m0/s1. The summed E-state index contributed by atoms with van der Waals surface area (Å²) in [6.07, 6.45) is 4.08. The summed E-state index contributed by atoms with van der Waals surface area (Å²) in [5, 5.41) is 8.39. The number of rotatable bonds is 5. The average molecular weight is 471 g/mol. The van der Waals surface area contributed by atoms with Crippen LogP contribution in [0.15, 0.2) is 54.9 Å². The van der Waals surface area contributed by atoms with E-state index in [9.17, 15) is 9.59 Å². The lowest BCUT2D eigenvalue weighted by Crippen LogP contribution is -2.53. The van der Waals surface area contributed by atoms with Crippen LogP contribution in [0.5, 0.6) is 0 Å². The van der Waals surface area contributed by atoms with Crippen molar-refractivity contribution in [3.05, 3.63) is 70.5 Å². The number of hydrogen-bond donors (Lipinski definition) is 2. The number of halogens is 2. The van der Waals surface area contributed by atoms with Crippen molar-refractivity contribution in [1.82, 2.24) is 15.2 Å². The van der Waals surface area contributed by atoms with Crippen LogP contribution in [0.1, 0.15) is 18.9 Å². The lowest BCUT2D eigenvalue weighted by Gasteiger charge is -2.31. The van der Waals surface area contributed by atoms with Crippen molar-refractivity contribution in [2.45, 2.75) is 18.9 Å². The Kier molecular flexibility index (Phi) is 6.38. The van der Waals surface area contributed by atoms with E-state index in [1.54, 1.807) is 37.5 Å². The molecule has 0 unspecified atom stereocenters. The topological polar surface area (TPSA) is 74.3 Å². The van der Waals surface area contributed by atoms with Crippen LogP contribution in [-0.2, 0) is 15.1 Å². The maximum atomic E-state index is 13.6. The molecule has 0 bridgehead atoms. The van der Waals surface area contributed by atoms with Gasteiger partial charge < -0.3 is 15.5 Å². The Morgan fingerprint density at radius 1 is 1.12 bits per heavy atom. The van der Waals surface area contributed by atoms with Crippen LogP contribution in [0.2, 0.25) is 10.0 Å². The first-order chi connectivity index (χ1) is 15.3. The summed E-state index contributed by atoms with van der Waals surface area (Å²) in [6.45, 7) is 3.17. The fraction of sp³-hybridized carbons (Fsp3) is 0.292. The van der Waals surface area contributed by atoms with Crippen LogP contribution in [0.25, 0.3) is 10.8 Å². The SMILES string of the molecule is CN1CC[C@H](C(=O)N[C@@](C)(C(=O)Nc2cncc3ccccc23)c2ccc(Cl)c(Cl)c2)C1. The molecule has 1 fully saturated rings. The van der Waals surface area contributed by atoms with E-state index >= 15 is 0 Å². The molecule has 32 heavy (non-hydrogen) atoms. The van der Waals surface area contributed by atoms with E-state index in [-0.39, 0.29) is 11.8 Å². The Hall–Kier alpha value is -2.67. The number of nitrogens with one attached hydrogen (secondary N) is 2. The minimum absolute atomic E-state index is 0.172. The first-order valence-electron chi connectivity index (χ1n) is 10.4. The zero-order chi connectivity index (χ0) is 22.9. The van der Waals surface area contributed by atoms with Gasteiger partial charge in [-0.1, -0.05) is 53.5 Å². The molecule has 0 saturated carbocycles. The van der Waals surface area contributed by atoms with E-state index in [1.807, 2.05) is 31.3 Å². The molecule has 1 aromatic heterocycles. The van der Waals surface area contributed by atoms with Crippen molar-refractivity contribution < 1.29 is 9.59 Å². The van der Waals surface area contributed by atoms with Crippen LogP contribution in [0, 0.1) is 5.92 Å². The average Bonchev–Trinajstić information content (AvgIpc) is 3.22. The number of pyridine rings is 1. The maximum Gasteiger partial charge on any atom is 0.254 e. The Morgan fingerprint density at radius 2 is 1.91 bits per heavy atom.